The number of amides is 1. The van der Waals surface area contributed by atoms with Crippen LogP contribution in [-0.2, 0) is 6.54 Å². The predicted octanol–water partition coefficient (Wildman–Crippen LogP) is 1.71. The molecule has 0 N–H and O–H groups in total. The molecule has 1 unspecified atom stereocenters. The first kappa shape index (κ1) is 14.8. The van der Waals surface area contributed by atoms with E-state index in [0.29, 0.717) is 6.54 Å². The monoisotopic (exact) mass is 298 g/mol. The predicted molar refractivity (Wildman–Crippen MR) is 85.8 cm³/mol. The van der Waals surface area contributed by atoms with Gasteiger partial charge in [0.25, 0.3) is 5.91 Å². The molecule has 1 aliphatic heterocycles. The van der Waals surface area contributed by atoms with Crippen LogP contribution in [0.4, 0.5) is 0 Å². The minimum atomic E-state index is 0.120. The van der Waals surface area contributed by atoms with Crippen LogP contribution in [0.25, 0.3) is 0 Å². The molecular weight excluding hydrogens is 276 g/mol. The summed E-state index contributed by atoms with van der Waals surface area (Å²) in [5.41, 5.74) is 1.85. The van der Waals surface area contributed by atoms with E-state index >= 15 is 0 Å². The van der Waals surface area contributed by atoms with E-state index in [2.05, 4.69) is 23.9 Å². The van der Waals surface area contributed by atoms with Crippen LogP contribution in [0.3, 0.4) is 0 Å². The van der Waals surface area contributed by atoms with Gasteiger partial charge in [-0.25, -0.2) is 0 Å². The Bertz CT molecular complexity index is 637. The molecule has 1 amide bonds. The fourth-order valence-corrected chi connectivity index (χ4v) is 3.02. The molecule has 0 bridgehead atoms. The van der Waals surface area contributed by atoms with Gasteiger partial charge in [-0.3, -0.25) is 9.78 Å². The summed E-state index contributed by atoms with van der Waals surface area (Å²) in [6.07, 6.45) is 5.56. The molecule has 1 saturated heterocycles. The summed E-state index contributed by atoms with van der Waals surface area (Å²) in [7, 11) is 2.10. The van der Waals surface area contributed by atoms with Gasteiger partial charge < -0.3 is 14.4 Å². The zero-order chi connectivity index (χ0) is 15.5. The van der Waals surface area contributed by atoms with Crippen molar-refractivity contribution in [1.29, 1.82) is 0 Å². The fraction of sp³-hybridized carbons (Fsp3) is 0.412. The number of carbonyl (C=O) groups excluding carboxylic acids is 1. The molecule has 116 valence electrons. The Morgan fingerprint density at radius 2 is 2.18 bits per heavy atom. The minimum absolute atomic E-state index is 0.120. The van der Waals surface area contributed by atoms with Crippen molar-refractivity contribution in [2.45, 2.75) is 19.5 Å². The van der Waals surface area contributed by atoms with Gasteiger partial charge in [0, 0.05) is 50.8 Å². The average Bonchev–Trinajstić information content (AvgIpc) is 2.96. The Hall–Kier alpha value is -2.14. The van der Waals surface area contributed by atoms with Crippen molar-refractivity contribution in [3.8, 4) is 0 Å². The van der Waals surface area contributed by atoms with E-state index in [1.54, 1.807) is 6.20 Å². The van der Waals surface area contributed by atoms with Gasteiger partial charge in [0.2, 0.25) is 0 Å². The lowest BCUT2D eigenvalue weighted by molar-refractivity contribution is 0.0523. The van der Waals surface area contributed by atoms with Crippen molar-refractivity contribution < 1.29 is 4.79 Å². The van der Waals surface area contributed by atoms with Gasteiger partial charge in [0.05, 0.1) is 0 Å². The smallest absolute Gasteiger partial charge is 0.270 e. The molecule has 5 nitrogen and oxygen atoms in total. The highest BCUT2D eigenvalue weighted by molar-refractivity contribution is 5.93. The van der Waals surface area contributed by atoms with E-state index in [1.807, 2.05) is 46.1 Å². The van der Waals surface area contributed by atoms with Crippen LogP contribution >= 0.6 is 0 Å². The summed E-state index contributed by atoms with van der Waals surface area (Å²) in [5.74, 6) is 0.120. The molecule has 5 heteroatoms. The molecule has 22 heavy (non-hydrogen) atoms. The van der Waals surface area contributed by atoms with Gasteiger partial charge in [0.15, 0.2) is 0 Å². The van der Waals surface area contributed by atoms with Crippen LogP contribution in [0, 0.1) is 0 Å². The van der Waals surface area contributed by atoms with E-state index in [9.17, 15) is 4.79 Å². The van der Waals surface area contributed by atoms with Gasteiger partial charge in [-0.2, -0.15) is 0 Å². The molecule has 3 rings (SSSR count). The second-order valence-corrected chi connectivity index (χ2v) is 5.99. The first-order chi connectivity index (χ1) is 10.6. The molecule has 0 aliphatic carbocycles. The summed E-state index contributed by atoms with van der Waals surface area (Å²) in [4.78, 5) is 21.2. The third-order valence-electron chi connectivity index (χ3n) is 4.22. The van der Waals surface area contributed by atoms with E-state index in [-0.39, 0.29) is 11.9 Å². The van der Waals surface area contributed by atoms with Gasteiger partial charge in [-0.05, 0) is 37.7 Å². The fourth-order valence-electron chi connectivity index (χ4n) is 3.02. The van der Waals surface area contributed by atoms with Crippen LogP contribution in [-0.4, -0.2) is 58.0 Å². The summed E-state index contributed by atoms with van der Waals surface area (Å²) in [6, 6.07) is 8.03. The van der Waals surface area contributed by atoms with Gasteiger partial charge in [0.1, 0.15) is 5.69 Å². The highest BCUT2D eigenvalue weighted by Gasteiger charge is 2.27. The molecule has 0 saturated carbocycles. The van der Waals surface area contributed by atoms with E-state index in [1.165, 1.54) is 0 Å². The Kier molecular flexibility index (Phi) is 4.24. The second-order valence-electron chi connectivity index (χ2n) is 5.99. The molecule has 0 radical (unpaired) electrons. The first-order valence-corrected chi connectivity index (χ1v) is 7.68. The van der Waals surface area contributed by atoms with E-state index in [0.717, 1.165) is 30.9 Å². The lowest BCUT2D eigenvalue weighted by Crippen LogP contribution is -2.53. The van der Waals surface area contributed by atoms with Crippen molar-refractivity contribution in [1.82, 2.24) is 19.4 Å². The second kappa shape index (κ2) is 6.32. The number of pyridine rings is 1. The van der Waals surface area contributed by atoms with Crippen LogP contribution < -0.4 is 0 Å². The van der Waals surface area contributed by atoms with Gasteiger partial charge in [-0.1, -0.05) is 6.07 Å². The average molecular weight is 298 g/mol. The van der Waals surface area contributed by atoms with Crippen molar-refractivity contribution >= 4 is 5.91 Å². The number of carbonyl (C=O) groups is 1. The zero-order valence-corrected chi connectivity index (χ0v) is 13.1. The summed E-state index contributed by atoms with van der Waals surface area (Å²) >= 11 is 0. The number of nitrogens with zero attached hydrogens (tertiary/aromatic N) is 4. The Morgan fingerprint density at radius 1 is 1.32 bits per heavy atom. The molecule has 1 atom stereocenters. The number of hydrogen-bond acceptors (Lipinski definition) is 3. The summed E-state index contributed by atoms with van der Waals surface area (Å²) < 4.78 is 2.00. The maximum atomic E-state index is 12.9. The third kappa shape index (κ3) is 3.04. The standard InChI is InChI=1S/C17H22N4O/c1-14-12-19(2)9-10-21(14)17(22)16-6-4-8-20(16)13-15-5-3-7-18-11-15/h3-8,11,14H,9-10,12-13H2,1-2H3. The number of hydrogen-bond donors (Lipinski definition) is 0. The van der Waals surface area contributed by atoms with Gasteiger partial charge in [-0.15, -0.1) is 0 Å². The van der Waals surface area contributed by atoms with Gasteiger partial charge >= 0.3 is 0 Å². The Labute approximate surface area is 131 Å². The topological polar surface area (TPSA) is 41.4 Å². The van der Waals surface area contributed by atoms with E-state index < -0.39 is 0 Å². The quantitative estimate of drug-likeness (QED) is 0.866. The normalized spacial score (nSPS) is 19.4. The Balaban J connectivity index is 1.78. The lowest BCUT2D eigenvalue weighted by atomic mass is 10.2. The van der Waals surface area contributed by atoms with Crippen LogP contribution in [0.5, 0.6) is 0 Å². The number of rotatable bonds is 3. The highest BCUT2D eigenvalue weighted by atomic mass is 16.2. The SMILES string of the molecule is CC1CN(C)CCN1C(=O)c1cccn1Cc1cccnc1. The summed E-state index contributed by atoms with van der Waals surface area (Å²) in [6.45, 7) is 5.43. The minimum Gasteiger partial charge on any atom is -0.339 e. The molecule has 2 aromatic rings. The molecule has 1 aliphatic rings. The van der Waals surface area contributed by atoms with Crippen LogP contribution in [0.2, 0.25) is 0 Å². The Morgan fingerprint density at radius 3 is 2.91 bits per heavy atom. The molecule has 3 heterocycles. The van der Waals surface area contributed by atoms with E-state index in [4.69, 9.17) is 0 Å². The van der Waals surface area contributed by atoms with Crippen LogP contribution in [0.1, 0.15) is 23.0 Å². The molecule has 1 fully saturated rings. The number of likely N-dealkylation sites (N-methyl/N-ethyl adjacent to an activating group) is 1. The summed E-state index contributed by atoms with van der Waals surface area (Å²) in [5, 5.41) is 0. The van der Waals surface area contributed by atoms with Crippen molar-refractivity contribution in [2.75, 3.05) is 26.7 Å². The van der Waals surface area contributed by atoms with Crippen molar-refractivity contribution in [3.05, 3.63) is 54.1 Å². The first-order valence-electron chi connectivity index (χ1n) is 7.68. The zero-order valence-electron chi connectivity index (χ0n) is 13.1. The maximum absolute atomic E-state index is 12.9. The highest BCUT2D eigenvalue weighted by Crippen LogP contribution is 2.15. The maximum Gasteiger partial charge on any atom is 0.270 e. The largest absolute Gasteiger partial charge is 0.339 e. The molecule has 0 aromatic carbocycles. The van der Waals surface area contributed by atoms with Crippen LogP contribution in [0.15, 0.2) is 42.9 Å². The molecular formula is C17H22N4O. The van der Waals surface area contributed by atoms with Crippen molar-refractivity contribution in [2.24, 2.45) is 0 Å². The molecule has 2 aromatic heterocycles. The van der Waals surface area contributed by atoms with Crippen molar-refractivity contribution in [3.63, 3.8) is 0 Å². The lowest BCUT2D eigenvalue weighted by Gasteiger charge is -2.38. The number of piperazine rings is 1. The molecule has 0 spiro atoms. The number of aromatic nitrogens is 2. The third-order valence-corrected chi connectivity index (χ3v) is 4.22.